The second-order valence-electron chi connectivity index (χ2n) is 6.33. The van der Waals surface area contributed by atoms with Gasteiger partial charge in [0, 0.05) is 0 Å². The van der Waals surface area contributed by atoms with E-state index in [9.17, 15) is 14.4 Å². The molecule has 0 unspecified atom stereocenters. The lowest BCUT2D eigenvalue weighted by Crippen LogP contribution is -2.32. The molecule has 1 N–H and O–H groups in total. The van der Waals surface area contributed by atoms with E-state index in [1.165, 1.54) is 34.7 Å². The van der Waals surface area contributed by atoms with E-state index in [0.717, 1.165) is 6.42 Å². The fraction of sp³-hybridized carbons (Fsp3) is 0.353. The summed E-state index contributed by atoms with van der Waals surface area (Å²) in [7, 11) is 0. The molecule has 1 aromatic rings. The molecule has 5 heteroatoms. The first-order valence-electron chi connectivity index (χ1n) is 7.38. The van der Waals surface area contributed by atoms with Gasteiger partial charge in [-0.25, -0.2) is 4.79 Å². The van der Waals surface area contributed by atoms with Crippen LogP contribution in [0.15, 0.2) is 35.9 Å². The molecule has 1 aromatic carbocycles. The van der Waals surface area contributed by atoms with Gasteiger partial charge in [0.25, 0.3) is 0 Å². The molecule has 1 aliphatic heterocycles. The Kier molecular flexibility index (Phi) is 2.58. The zero-order valence-electron chi connectivity index (χ0n) is 12.0. The van der Waals surface area contributed by atoms with Crippen LogP contribution in [0, 0.1) is 23.7 Å². The second kappa shape index (κ2) is 4.29. The Morgan fingerprint density at radius 2 is 1.77 bits per heavy atom. The Hall–Kier alpha value is -2.43. The maximum Gasteiger partial charge on any atom is 0.335 e. The average Bonchev–Trinajstić information content (AvgIpc) is 3.11. The van der Waals surface area contributed by atoms with Gasteiger partial charge >= 0.3 is 5.97 Å². The molecular formula is C17H15NO4. The number of carboxylic acids is 1. The number of allylic oxidation sites excluding steroid dienone is 2. The van der Waals surface area contributed by atoms with Gasteiger partial charge in [-0.3, -0.25) is 14.5 Å². The number of aromatic carboxylic acids is 1. The van der Waals surface area contributed by atoms with E-state index in [2.05, 4.69) is 6.08 Å². The van der Waals surface area contributed by atoms with Crippen LogP contribution in [0.5, 0.6) is 0 Å². The number of rotatable bonds is 2. The molecule has 4 rings (SSSR count). The van der Waals surface area contributed by atoms with E-state index in [0.29, 0.717) is 5.69 Å². The lowest BCUT2D eigenvalue weighted by Gasteiger charge is -2.19. The summed E-state index contributed by atoms with van der Waals surface area (Å²) in [6.07, 6.45) is 3.04. The number of hydrogen-bond acceptors (Lipinski definition) is 3. The van der Waals surface area contributed by atoms with Crippen molar-refractivity contribution in [2.24, 2.45) is 23.7 Å². The largest absolute Gasteiger partial charge is 0.478 e. The Morgan fingerprint density at radius 1 is 1.14 bits per heavy atom. The zero-order chi connectivity index (χ0) is 15.6. The van der Waals surface area contributed by atoms with Crippen LogP contribution in [0.4, 0.5) is 5.69 Å². The quantitative estimate of drug-likeness (QED) is 0.670. The predicted molar refractivity (Wildman–Crippen MR) is 78.2 cm³/mol. The predicted octanol–water partition coefficient (Wildman–Crippen LogP) is 2.09. The summed E-state index contributed by atoms with van der Waals surface area (Å²) in [6, 6.07) is 5.90. The van der Waals surface area contributed by atoms with E-state index < -0.39 is 5.97 Å². The third-order valence-electron chi connectivity index (χ3n) is 5.25. The van der Waals surface area contributed by atoms with Gasteiger partial charge < -0.3 is 5.11 Å². The van der Waals surface area contributed by atoms with E-state index >= 15 is 0 Å². The zero-order valence-corrected chi connectivity index (χ0v) is 12.0. The van der Waals surface area contributed by atoms with Gasteiger partial charge in [-0.15, -0.1) is 0 Å². The van der Waals surface area contributed by atoms with Crippen molar-refractivity contribution in [1.29, 1.82) is 0 Å². The number of carbonyl (C=O) groups excluding carboxylic acids is 2. The lowest BCUT2D eigenvalue weighted by molar-refractivity contribution is -0.123. The van der Waals surface area contributed by atoms with Crippen molar-refractivity contribution in [3.63, 3.8) is 0 Å². The first-order chi connectivity index (χ1) is 10.5. The summed E-state index contributed by atoms with van der Waals surface area (Å²) >= 11 is 0. The normalized spacial score (nSPS) is 32.4. The fourth-order valence-corrected chi connectivity index (χ4v) is 4.28. The molecule has 1 saturated heterocycles. The van der Waals surface area contributed by atoms with Crippen molar-refractivity contribution in [2.45, 2.75) is 13.3 Å². The molecule has 22 heavy (non-hydrogen) atoms. The molecule has 2 amide bonds. The third-order valence-corrected chi connectivity index (χ3v) is 5.25. The van der Waals surface area contributed by atoms with E-state index in [-0.39, 0.29) is 41.0 Å². The van der Waals surface area contributed by atoms with Gasteiger partial charge in [0.05, 0.1) is 23.1 Å². The highest BCUT2D eigenvalue weighted by Gasteiger charge is 2.60. The molecule has 1 saturated carbocycles. The molecule has 0 spiro atoms. The number of benzene rings is 1. The highest BCUT2D eigenvalue weighted by molar-refractivity contribution is 6.22. The Balaban J connectivity index is 1.69. The lowest BCUT2D eigenvalue weighted by atomic mass is 9.82. The molecule has 1 heterocycles. The molecule has 2 aliphatic carbocycles. The summed E-state index contributed by atoms with van der Waals surface area (Å²) in [4.78, 5) is 37.5. The number of imide groups is 1. The van der Waals surface area contributed by atoms with Gasteiger partial charge in [-0.2, -0.15) is 0 Å². The van der Waals surface area contributed by atoms with Crippen molar-refractivity contribution >= 4 is 23.5 Å². The standard InChI is InChI=1S/C17H15NO4/c1-8-6-10-7-12(8)14-13(10)15(19)18(16(14)20)11-4-2-9(3-5-11)17(21)22/h2-6,10,12-14H,7H2,1H3,(H,21,22)/t10-,12+,13-,14+/m0/s1. The summed E-state index contributed by atoms with van der Waals surface area (Å²) in [5.74, 6) is -1.42. The van der Waals surface area contributed by atoms with Gasteiger partial charge in [0.2, 0.25) is 11.8 Å². The van der Waals surface area contributed by atoms with Crippen molar-refractivity contribution in [1.82, 2.24) is 0 Å². The van der Waals surface area contributed by atoms with Crippen LogP contribution in [0.2, 0.25) is 0 Å². The molecule has 0 aromatic heterocycles. The number of carbonyl (C=O) groups is 3. The number of fused-ring (bicyclic) bond motifs is 5. The first kappa shape index (κ1) is 13.2. The van der Waals surface area contributed by atoms with E-state index in [1.54, 1.807) is 0 Å². The Labute approximate surface area is 127 Å². The van der Waals surface area contributed by atoms with Gasteiger partial charge in [0.15, 0.2) is 0 Å². The molecule has 3 aliphatic rings. The minimum Gasteiger partial charge on any atom is -0.478 e. The fourth-order valence-electron chi connectivity index (χ4n) is 4.28. The van der Waals surface area contributed by atoms with Crippen LogP contribution in [0.1, 0.15) is 23.7 Å². The Morgan fingerprint density at radius 3 is 2.41 bits per heavy atom. The average molecular weight is 297 g/mol. The number of amides is 2. The van der Waals surface area contributed by atoms with Crippen molar-refractivity contribution in [3.8, 4) is 0 Å². The third kappa shape index (κ3) is 1.56. The van der Waals surface area contributed by atoms with Crippen LogP contribution >= 0.6 is 0 Å². The van der Waals surface area contributed by atoms with Gasteiger partial charge in [-0.1, -0.05) is 11.6 Å². The molecule has 4 atom stereocenters. The number of anilines is 1. The molecule has 112 valence electrons. The minimum absolute atomic E-state index is 0.139. The summed E-state index contributed by atoms with van der Waals surface area (Å²) in [5.41, 5.74) is 1.82. The van der Waals surface area contributed by atoms with Crippen LogP contribution < -0.4 is 4.90 Å². The van der Waals surface area contributed by atoms with Crippen LogP contribution in [0.3, 0.4) is 0 Å². The molecule has 0 radical (unpaired) electrons. The van der Waals surface area contributed by atoms with Crippen molar-refractivity contribution < 1.29 is 19.5 Å². The topological polar surface area (TPSA) is 74.7 Å². The van der Waals surface area contributed by atoms with Gasteiger partial charge in [0.1, 0.15) is 0 Å². The highest BCUT2D eigenvalue weighted by Crippen LogP contribution is 2.55. The smallest absolute Gasteiger partial charge is 0.335 e. The van der Waals surface area contributed by atoms with Crippen molar-refractivity contribution in [3.05, 3.63) is 41.5 Å². The highest BCUT2D eigenvalue weighted by atomic mass is 16.4. The number of nitrogens with zero attached hydrogens (tertiary/aromatic N) is 1. The van der Waals surface area contributed by atoms with Crippen molar-refractivity contribution in [2.75, 3.05) is 4.90 Å². The number of hydrogen-bond donors (Lipinski definition) is 1. The van der Waals surface area contributed by atoms with Gasteiger partial charge in [-0.05, 0) is 49.4 Å². The van der Waals surface area contributed by atoms with Crippen LogP contribution in [0.25, 0.3) is 0 Å². The Bertz CT molecular complexity index is 734. The first-order valence-corrected chi connectivity index (χ1v) is 7.38. The molecule has 2 bridgehead atoms. The summed E-state index contributed by atoms with van der Waals surface area (Å²) in [6.45, 7) is 2.03. The SMILES string of the molecule is CC1=C[C@H]2C[C@H]1[C@H]1C(=O)N(c3ccc(C(=O)O)cc3)C(=O)[C@H]12. The number of carboxylic acid groups (broad SMARTS) is 1. The molecular weight excluding hydrogens is 282 g/mol. The van der Waals surface area contributed by atoms with E-state index in [4.69, 9.17) is 5.11 Å². The van der Waals surface area contributed by atoms with E-state index in [1.807, 2.05) is 6.92 Å². The molecule has 2 fully saturated rings. The maximum atomic E-state index is 12.7. The van der Waals surface area contributed by atoms with Crippen LogP contribution in [-0.2, 0) is 9.59 Å². The maximum absolute atomic E-state index is 12.7. The minimum atomic E-state index is -1.03. The summed E-state index contributed by atoms with van der Waals surface area (Å²) < 4.78 is 0. The monoisotopic (exact) mass is 297 g/mol. The summed E-state index contributed by atoms with van der Waals surface area (Å²) in [5, 5.41) is 8.93. The second-order valence-corrected chi connectivity index (χ2v) is 6.33. The van der Waals surface area contributed by atoms with Crippen LogP contribution in [-0.4, -0.2) is 22.9 Å². The molecule has 5 nitrogen and oxygen atoms in total.